The average molecular weight is 416 g/mol. The molecule has 4 rings (SSSR count). The molecule has 3 aromatic rings. The zero-order valence-electron chi connectivity index (χ0n) is 17.3. The van der Waals surface area contributed by atoms with Crippen LogP contribution >= 0.6 is 0 Å². The van der Waals surface area contributed by atoms with Gasteiger partial charge < -0.3 is 10.2 Å². The molecule has 31 heavy (non-hydrogen) atoms. The first-order valence-corrected chi connectivity index (χ1v) is 10.5. The van der Waals surface area contributed by atoms with Gasteiger partial charge in [-0.05, 0) is 48.2 Å². The Balaban J connectivity index is 1.51. The first-order valence-electron chi connectivity index (χ1n) is 10.5. The summed E-state index contributed by atoms with van der Waals surface area (Å²) in [5.74, 6) is -0.366. The molecular formula is C26H25FN2O2. The Morgan fingerprint density at radius 3 is 2.03 bits per heavy atom. The molecule has 1 N–H and O–H groups in total. The normalized spacial score (nSPS) is 15.3. The maximum atomic E-state index is 13.4. The molecular weight excluding hydrogens is 391 g/mol. The fourth-order valence-electron chi connectivity index (χ4n) is 4.21. The van der Waals surface area contributed by atoms with E-state index < -0.39 is 5.41 Å². The molecule has 1 aliphatic rings. The number of piperidine rings is 1. The van der Waals surface area contributed by atoms with Crippen LogP contribution in [0.5, 0.6) is 0 Å². The van der Waals surface area contributed by atoms with Crippen molar-refractivity contribution in [1.29, 1.82) is 0 Å². The Kier molecular flexibility index (Phi) is 6.12. The van der Waals surface area contributed by atoms with Gasteiger partial charge in [0.2, 0.25) is 5.91 Å². The Bertz CT molecular complexity index is 1030. The van der Waals surface area contributed by atoms with E-state index in [9.17, 15) is 14.0 Å². The molecule has 1 aliphatic heterocycles. The highest BCUT2D eigenvalue weighted by Gasteiger charge is 2.43. The zero-order chi connectivity index (χ0) is 21.7. The zero-order valence-corrected chi connectivity index (χ0v) is 17.3. The maximum Gasteiger partial charge on any atom is 0.253 e. The lowest BCUT2D eigenvalue weighted by Gasteiger charge is -2.41. The Labute approximate surface area is 181 Å². The standard InChI is InChI=1S/C26H25FN2O2/c27-23-13-11-20(12-14-23)19-28-25(31)26(22-9-5-2-6-10-22)15-17-29(18-16-26)24(30)21-7-3-1-4-8-21/h1-14H,15-19H2,(H,28,31). The molecule has 3 aromatic carbocycles. The molecule has 158 valence electrons. The van der Waals surface area contributed by atoms with Crippen molar-refractivity contribution in [3.05, 3.63) is 107 Å². The molecule has 0 unspecified atom stereocenters. The van der Waals surface area contributed by atoms with E-state index in [4.69, 9.17) is 0 Å². The third kappa shape index (κ3) is 4.50. The number of rotatable bonds is 5. The van der Waals surface area contributed by atoms with E-state index in [1.807, 2.05) is 65.6 Å². The van der Waals surface area contributed by atoms with E-state index in [2.05, 4.69) is 5.32 Å². The minimum absolute atomic E-state index is 0.00557. The van der Waals surface area contributed by atoms with Gasteiger partial charge in [0.1, 0.15) is 5.82 Å². The van der Waals surface area contributed by atoms with Crippen LogP contribution in [-0.2, 0) is 16.8 Å². The molecule has 5 heteroatoms. The minimum atomic E-state index is -0.700. The molecule has 1 heterocycles. The lowest BCUT2D eigenvalue weighted by Crippen LogP contribution is -2.52. The van der Waals surface area contributed by atoms with Crippen molar-refractivity contribution in [2.45, 2.75) is 24.8 Å². The summed E-state index contributed by atoms with van der Waals surface area (Å²) in [7, 11) is 0. The smallest absolute Gasteiger partial charge is 0.253 e. The second-order valence-corrected chi connectivity index (χ2v) is 7.92. The van der Waals surface area contributed by atoms with Gasteiger partial charge in [-0.25, -0.2) is 4.39 Å². The van der Waals surface area contributed by atoms with Crippen molar-refractivity contribution in [2.75, 3.05) is 13.1 Å². The molecule has 4 nitrogen and oxygen atoms in total. The number of nitrogens with one attached hydrogen (secondary N) is 1. The number of carbonyl (C=O) groups excluding carboxylic acids is 2. The monoisotopic (exact) mass is 416 g/mol. The second-order valence-electron chi connectivity index (χ2n) is 7.92. The molecule has 0 saturated carbocycles. The molecule has 0 aliphatic carbocycles. The third-order valence-corrected chi connectivity index (χ3v) is 6.05. The molecule has 0 bridgehead atoms. The summed E-state index contributed by atoms with van der Waals surface area (Å²) in [5, 5.41) is 3.04. The van der Waals surface area contributed by atoms with Crippen LogP contribution < -0.4 is 5.32 Å². The fourth-order valence-corrected chi connectivity index (χ4v) is 4.21. The number of halogens is 1. The number of carbonyl (C=O) groups is 2. The predicted octanol–water partition coefficient (Wildman–Crippen LogP) is 4.32. The van der Waals surface area contributed by atoms with Crippen molar-refractivity contribution in [1.82, 2.24) is 10.2 Å². The topological polar surface area (TPSA) is 49.4 Å². The predicted molar refractivity (Wildman–Crippen MR) is 118 cm³/mol. The first kappa shape index (κ1) is 20.8. The van der Waals surface area contributed by atoms with E-state index in [-0.39, 0.29) is 17.6 Å². The lowest BCUT2D eigenvalue weighted by molar-refractivity contribution is -0.128. The van der Waals surface area contributed by atoms with Gasteiger partial charge in [0.25, 0.3) is 5.91 Å². The minimum Gasteiger partial charge on any atom is -0.351 e. The van der Waals surface area contributed by atoms with Crippen molar-refractivity contribution >= 4 is 11.8 Å². The van der Waals surface area contributed by atoms with Gasteiger partial charge in [0.15, 0.2) is 0 Å². The fraction of sp³-hybridized carbons (Fsp3) is 0.231. The number of hydrogen-bond donors (Lipinski definition) is 1. The molecule has 0 spiro atoms. The van der Waals surface area contributed by atoms with Crippen LogP contribution in [0.2, 0.25) is 0 Å². The molecule has 2 amide bonds. The Morgan fingerprint density at radius 1 is 0.839 bits per heavy atom. The highest BCUT2D eigenvalue weighted by molar-refractivity contribution is 5.95. The highest BCUT2D eigenvalue weighted by Crippen LogP contribution is 2.36. The summed E-state index contributed by atoms with van der Waals surface area (Å²) in [6.45, 7) is 1.35. The average Bonchev–Trinajstić information content (AvgIpc) is 2.84. The van der Waals surface area contributed by atoms with Crippen molar-refractivity contribution in [3.63, 3.8) is 0 Å². The molecule has 0 atom stereocenters. The molecule has 0 aromatic heterocycles. The van der Waals surface area contributed by atoms with Gasteiger partial charge in [-0.1, -0.05) is 60.7 Å². The Hall–Kier alpha value is -3.47. The van der Waals surface area contributed by atoms with Gasteiger partial charge in [-0.3, -0.25) is 9.59 Å². The van der Waals surface area contributed by atoms with Gasteiger partial charge >= 0.3 is 0 Å². The van der Waals surface area contributed by atoms with E-state index >= 15 is 0 Å². The van der Waals surface area contributed by atoms with Crippen LogP contribution in [0, 0.1) is 5.82 Å². The number of amides is 2. The number of nitrogens with zero attached hydrogens (tertiary/aromatic N) is 1. The summed E-state index contributed by atoms with van der Waals surface area (Å²) in [6, 6.07) is 25.1. The quantitative estimate of drug-likeness (QED) is 0.674. The third-order valence-electron chi connectivity index (χ3n) is 6.05. The van der Waals surface area contributed by atoms with Gasteiger partial charge in [-0.15, -0.1) is 0 Å². The maximum absolute atomic E-state index is 13.4. The first-order chi connectivity index (χ1) is 15.1. The van der Waals surface area contributed by atoms with E-state index in [1.54, 1.807) is 12.1 Å². The lowest BCUT2D eigenvalue weighted by atomic mass is 9.72. The van der Waals surface area contributed by atoms with E-state index in [1.165, 1.54) is 12.1 Å². The van der Waals surface area contributed by atoms with E-state index in [0.29, 0.717) is 38.0 Å². The van der Waals surface area contributed by atoms with Gasteiger partial charge in [-0.2, -0.15) is 0 Å². The second kappa shape index (κ2) is 9.13. The Morgan fingerprint density at radius 2 is 1.42 bits per heavy atom. The van der Waals surface area contributed by atoms with Crippen LogP contribution in [0.4, 0.5) is 4.39 Å². The highest BCUT2D eigenvalue weighted by atomic mass is 19.1. The van der Waals surface area contributed by atoms with Crippen LogP contribution in [0.1, 0.15) is 34.3 Å². The number of benzene rings is 3. The summed E-state index contributed by atoms with van der Waals surface area (Å²) in [6.07, 6.45) is 1.09. The summed E-state index contributed by atoms with van der Waals surface area (Å²) < 4.78 is 13.2. The summed E-state index contributed by atoms with van der Waals surface area (Å²) in [4.78, 5) is 28.1. The number of hydrogen-bond acceptors (Lipinski definition) is 2. The van der Waals surface area contributed by atoms with Gasteiger partial charge in [0, 0.05) is 25.2 Å². The number of likely N-dealkylation sites (tertiary alicyclic amines) is 1. The van der Waals surface area contributed by atoms with Crippen LogP contribution in [0.25, 0.3) is 0 Å². The van der Waals surface area contributed by atoms with Crippen LogP contribution in [0.15, 0.2) is 84.9 Å². The van der Waals surface area contributed by atoms with Crippen molar-refractivity contribution in [2.24, 2.45) is 0 Å². The van der Waals surface area contributed by atoms with Crippen LogP contribution in [-0.4, -0.2) is 29.8 Å². The van der Waals surface area contributed by atoms with Crippen LogP contribution in [0.3, 0.4) is 0 Å². The van der Waals surface area contributed by atoms with E-state index in [0.717, 1.165) is 11.1 Å². The van der Waals surface area contributed by atoms with Crippen molar-refractivity contribution < 1.29 is 14.0 Å². The molecule has 1 saturated heterocycles. The summed E-state index contributed by atoms with van der Waals surface area (Å²) >= 11 is 0. The molecule has 1 fully saturated rings. The van der Waals surface area contributed by atoms with Crippen molar-refractivity contribution in [3.8, 4) is 0 Å². The van der Waals surface area contributed by atoms with Gasteiger partial charge in [0.05, 0.1) is 5.41 Å². The summed E-state index contributed by atoms with van der Waals surface area (Å²) in [5.41, 5.74) is 1.76. The SMILES string of the molecule is O=C(c1ccccc1)N1CCC(C(=O)NCc2ccc(F)cc2)(c2ccccc2)CC1. The largest absolute Gasteiger partial charge is 0.351 e. The molecule has 0 radical (unpaired) electrons.